The second-order valence-corrected chi connectivity index (χ2v) is 6.63. The minimum absolute atomic E-state index is 0.307. The van der Waals surface area contributed by atoms with Crippen LogP contribution < -0.4 is 5.32 Å². The van der Waals surface area contributed by atoms with E-state index >= 15 is 0 Å². The third-order valence-electron chi connectivity index (χ3n) is 4.90. The number of rotatable bonds is 5. The largest absolute Gasteiger partial charge is 0.381 e. The van der Waals surface area contributed by atoms with Gasteiger partial charge in [-0.3, -0.25) is 4.79 Å². The summed E-state index contributed by atoms with van der Waals surface area (Å²) >= 11 is 0. The van der Waals surface area contributed by atoms with Crippen LogP contribution in [0.1, 0.15) is 39.0 Å². The molecule has 2 heterocycles. The maximum atomic E-state index is 12.3. The van der Waals surface area contributed by atoms with Gasteiger partial charge in [0.05, 0.1) is 6.61 Å². The Bertz CT molecular complexity index is 297. The molecule has 0 radical (unpaired) electrons. The molecular formula is C16H30N2O2. The smallest absolute Gasteiger partial charge is 0.222 e. The Balaban J connectivity index is 1.71. The van der Waals surface area contributed by atoms with Gasteiger partial charge >= 0.3 is 0 Å². The Hall–Kier alpha value is -0.610. The number of carbonyl (C=O) groups is 1. The molecule has 0 spiro atoms. The van der Waals surface area contributed by atoms with E-state index in [9.17, 15) is 4.79 Å². The summed E-state index contributed by atoms with van der Waals surface area (Å²) in [6.07, 6.45) is 5.47. The summed E-state index contributed by atoms with van der Waals surface area (Å²) in [6, 6.07) is 0. The molecule has 0 aromatic carbocycles. The number of ether oxygens (including phenoxy) is 1. The highest BCUT2D eigenvalue weighted by Crippen LogP contribution is 2.25. The first-order valence-electron chi connectivity index (χ1n) is 8.19. The van der Waals surface area contributed by atoms with Crippen molar-refractivity contribution in [2.45, 2.75) is 39.0 Å². The van der Waals surface area contributed by atoms with Crippen molar-refractivity contribution < 1.29 is 9.53 Å². The number of carbonyl (C=O) groups excluding carboxylic acids is 1. The molecule has 1 amide bonds. The average Bonchev–Trinajstić information content (AvgIpc) is 2.49. The van der Waals surface area contributed by atoms with Crippen molar-refractivity contribution in [3.8, 4) is 0 Å². The van der Waals surface area contributed by atoms with Crippen molar-refractivity contribution in [2.24, 2.45) is 17.8 Å². The molecular weight excluding hydrogens is 252 g/mol. The van der Waals surface area contributed by atoms with Crippen molar-refractivity contribution in [3.05, 3.63) is 0 Å². The summed E-state index contributed by atoms with van der Waals surface area (Å²) in [4.78, 5) is 14.3. The monoisotopic (exact) mass is 282 g/mol. The number of amides is 1. The van der Waals surface area contributed by atoms with Gasteiger partial charge in [0.15, 0.2) is 0 Å². The summed E-state index contributed by atoms with van der Waals surface area (Å²) in [7, 11) is 1.95. The van der Waals surface area contributed by atoms with Crippen LogP contribution in [0.15, 0.2) is 0 Å². The van der Waals surface area contributed by atoms with Gasteiger partial charge < -0.3 is 15.0 Å². The highest BCUT2D eigenvalue weighted by atomic mass is 16.5. The molecule has 20 heavy (non-hydrogen) atoms. The molecule has 2 atom stereocenters. The normalized spacial score (nSPS) is 26.2. The molecule has 4 heteroatoms. The Morgan fingerprint density at radius 1 is 1.35 bits per heavy atom. The van der Waals surface area contributed by atoms with Crippen molar-refractivity contribution in [2.75, 3.05) is 39.9 Å². The first kappa shape index (κ1) is 15.8. The minimum Gasteiger partial charge on any atom is -0.381 e. The van der Waals surface area contributed by atoms with Gasteiger partial charge in [-0.05, 0) is 56.5 Å². The number of nitrogens with zero attached hydrogens (tertiary/aromatic N) is 1. The van der Waals surface area contributed by atoms with Crippen LogP contribution in [0.4, 0.5) is 0 Å². The van der Waals surface area contributed by atoms with Gasteiger partial charge in [0.25, 0.3) is 0 Å². The number of nitrogens with one attached hydrogen (secondary N) is 1. The van der Waals surface area contributed by atoms with Crippen molar-refractivity contribution in [3.63, 3.8) is 0 Å². The van der Waals surface area contributed by atoms with Crippen LogP contribution in [0.3, 0.4) is 0 Å². The molecule has 1 N–H and O–H groups in total. The van der Waals surface area contributed by atoms with Crippen LogP contribution >= 0.6 is 0 Å². The maximum Gasteiger partial charge on any atom is 0.222 e. The van der Waals surface area contributed by atoms with Gasteiger partial charge in [0.2, 0.25) is 5.91 Å². The minimum atomic E-state index is 0.307. The molecule has 0 saturated carbocycles. The zero-order valence-electron chi connectivity index (χ0n) is 13.1. The van der Waals surface area contributed by atoms with Crippen molar-refractivity contribution in [1.82, 2.24) is 10.2 Å². The molecule has 2 aliphatic heterocycles. The lowest BCUT2D eigenvalue weighted by molar-refractivity contribution is -0.132. The van der Waals surface area contributed by atoms with E-state index in [0.29, 0.717) is 30.1 Å². The highest BCUT2D eigenvalue weighted by molar-refractivity contribution is 5.76. The zero-order valence-corrected chi connectivity index (χ0v) is 13.1. The fraction of sp³-hybridized carbons (Fsp3) is 0.938. The lowest BCUT2D eigenvalue weighted by Gasteiger charge is -2.31. The average molecular weight is 282 g/mol. The molecule has 2 saturated heterocycles. The van der Waals surface area contributed by atoms with E-state index in [-0.39, 0.29) is 0 Å². The van der Waals surface area contributed by atoms with Gasteiger partial charge in [-0.15, -0.1) is 0 Å². The summed E-state index contributed by atoms with van der Waals surface area (Å²) in [5.41, 5.74) is 0. The fourth-order valence-corrected chi connectivity index (χ4v) is 3.45. The second kappa shape index (κ2) is 7.99. The molecule has 0 bridgehead atoms. The van der Waals surface area contributed by atoms with E-state index in [0.717, 1.165) is 39.3 Å². The Kier molecular flexibility index (Phi) is 6.30. The standard InChI is InChI=1S/C16H30N2O2/c1-13(15-5-7-17-8-6-15)10-16(19)18(2)11-14-4-3-9-20-12-14/h13-15,17H,3-12H2,1-2H3. The van der Waals surface area contributed by atoms with E-state index in [2.05, 4.69) is 12.2 Å². The molecule has 2 rings (SSSR count). The van der Waals surface area contributed by atoms with Gasteiger partial charge in [0.1, 0.15) is 0 Å². The SMILES string of the molecule is CC(CC(=O)N(C)CC1CCCOC1)C1CCNCC1. The molecule has 0 aromatic rings. The van der Waals surface area contributed by atoms with Crippen LogP contribution in [-0.4, -0.2) is 50.7 Å². The predicted molar refractivity (Wildman–Crippen MR) is 80.6 cm³/mol. The first-order valence-corrected chi connectivity index (χ1v) is 8.19. The van der Waals surface area contributed by atoms with Gasteiger partial charge in [-0.25, -0.2) is 0 Å². The van der Waals surface area contributed by atoms with Crippen molar-refractivity contribution in [1.29, 1.82) is 0 Å². The summed E-state index contributed by atoms with van der Waals surface area (Å²) in [6.45, 7) is 7.03. The predicted octanol–water partition coefficient (Wildman–Crippen LogP) is 1.90. The number of piperidine rings is 1. The van der Waals surface area contributed by atoms with Crippen LogP contribution in [0.5, 0.6) is 0 Å². The first-order chi connectivity index (χ1) is 9.66. The summed E-state index contributed by atoms with van der Waals surface area (Å²) < 4.78 is 5.49. The van der Waals surface area contributed by atoms with Gasteiger partial charge in [0, 0.05) is 26.6 Å². The van der Waals surface area contributed by atoms with Crippen LogP contribution in [0, 0.1) is 17.8 Å². The Morgan fingerprint density at radius 3 is 2.75 bits per heavy atom. The number of hydrogen-bond acceptors (Lipinski definition) is 3. The van der Waals surface area contributed by atoms with E-state index in [1.165, 1.54) is 19.3 Å². The Morgan fingerprint density at radius 2 is 2.10 bits per heavy atom. The van der Waals surface area contributed by atoms with E-state index < -0.39 is 0 Å². The molecule has 116 valence electrons. The lowest BCUT2D eigenvalue weighted by Crippen LogP contribution is -2.37. The highest BCUT2D eigenvalue weighted by Gasteiger charge is 2.24. The molecule has 2 fully saturated rings. The topological polar surface area (TPSA) is 41.6 Å². The molecule has 2 unspecified atom stereocenters. The van der Waals surface area contributed by atoms with E-state index in [4.69, 9.17) is 4.74 Å². The fourth-order valence-electron chi connectivity index (χ4n) is 3.45. The maximum absolute atomic E-state index is 12.3. The molecule has 4 nitrogen and oxygen atoms in total. The van der Waals surface area contributed by atoms with Crippen LogP contribution in [0.2, 0.25) is 0 Å². The Labute approximate surface area is 123 Å². The molecule has 0 aromatic heterocycles. The van der Waals surface area contributed by atoms with E-state index in [1.807, 2.05) is 11.9 Å². The van der Waals surface area contributed by atoms with Gasteiger partial charge in [-0.1, -0.05) is 6.92 Å². The van der Waals surface area contributed by atoms with Crippen LogP contribution in [0.25, 0.3) is 0 Å². The quantitative estimate of drug-likeness (QED) is 0.837. The third-order valence-corrected chi connectivity index (χ3v) is 4.90. The number of hydrogen-bond donors (Lipinski definition) is 1. The van der Waals surface area contributed by atoms with E-state index in [1.54, 1.807) is 0 Å². The summed E-state index contributed by atoms with van der Waals surface area (Å²) in [5, 5.41) is 3.39. The van der Waals surface area contributed by atoms with Crippen LogP contribution in [-0.2, 0) is 9.53 Å². The van der Waals surface area contributed by atoms with Crippen molar-refractivity contribution >= 4 is 5.91 Å². The molecule has 0 aliphatic carbocycles. The third kappa shape index (κ3) is 4.74. The van der Waals surface area contributed by atoms with Gasteiger partial charge in [-0.2, -0.15) is 0 Å². The zero-order chi connectivity index (χ0) is 14.4. The lowest BCUT2D eigenvalue weighted by atomic mass is 9.84. The summed E-state index contributed by atoms with van der Waals surface area (Å²) in [5.74, 6) is 2.06. The molecule has 2 aliphatic rings. The second-order valence-electron chi connectivity index (χ2n) is 6.63.